The number of sulfonamides is 1. The molecule has 0 aromatic carbocycles. The van der Waals surface area contributed by atoms with Crippen molar-refractivity contribution in [3.63, 3.8) is 0 Å². The number of H-pyrrole nitrogens is 1. The monoisotopic (exact) mass is 311 g/mol. The summed E-state index contributed by atoms with van der Waals surface area (Å²) in [6, 6.07) is 0. The lowest BCUT2D eigenvalue weighted by atomic mass is 10.4. The maximum absolute atomic E-state index is 12.2. The van der Waals surface area contributed by atoms with E-state index in [9.17, 15) is 21.6 Å². The van der Waals surface area contributed by atoms with E-state index >= 15 is 0 Å². The van der Waals surface area contributed by atoms with Crippen LogP contribution < -0.4 is 4.72 Å². The lowest BCUT2D eigenvalue weighted by Crippen LogP contribution is -2.26. The predicted molar refractivity (Wildman–Crippen MR) is 56.8 cm³/mol. The van der Waals surface area contributed by atoms with Gasteiger partial charge < -0.3 is 4.52 Å². The SMILES string of the molecule is O=S(=O)(NCCc1noc(C(F)(F)F)n1)c1cn[nH]c1. The zero-order chi connectivity index (χ0) is 14.8. The predicted octanol–water partition coefficient (Wildman–Crippen LogP) is 0.333. The zero-order valence-electron chi connectivity index (χ0n) is 9.68. The van der Waals surface area contributed by atoms with Crippen LogP contribution in [0.5, 0.6) is 0 Å². The Morgan fingerprint density at radius 3 is 2.70 bits per heavy atom. The molecule has 0 spiro atoms. The highest BCUT2D eigenvalue weighted by Gasteiger charge is 2.38. The average molecular weight is 311 g/mol. The number of rotatable bonds is 5. The maximum Gasteiger partial charge on any atom is 0.471 e. The van der Waals surface area contributed by atoms with Gasteiger partial charge in [-0.2, -0.15) is 23.3 Å². The van der Waals surface area contributed by atoms with E-state index in [1.54, 1.807) is 0 Å². The lowest BCUT2D eigenvalue weighted by molar-refractivity contribution is -0.159. The summed E-state index contributed by atoms with van der Waals surface area (Å²) < 4.78 is 66.0. The molecular formula is C8H8F3N5O3S. The highest BCUT2D eigenvalue weighted by Crippen LogP contribution is 2.27. The second kappa shape index (κ2) is 5.20. The van der Waals surface area contributed by atoms with E-state index in [0.717, 1.165) is 6.20 Å². The van der Waals surface area contributed by atoms with Crippen LogP contribution in [0.1, 0.15) is 11.7 Å². The van der Waals surface area contributed by atoms with E-state index in [4.69, 9.17) is 0 Å². The van der Waals surface area contributed by atoms with Crippen molar-refractivity contribution in [3.8, 4) is 0 Å². The molecule has 20 heavy (non-hydrogen) atoms. The second-order valence-corrected chi connectivity index (χ2v) is 5.36. The molecule has 0 aliphatic rings. The van der Waals surface area contributed by atoms with E-state index in [1.807, 2.05) is 0 Å². The highest BCUT2D eigenvalue weighted by atomic mass is 32.2. The number of nitrogens with one attached hydrogen (secondary N) is 2. The van der Waals surface area contributed by atoms with Gasteiger partial charge in [0.2, 0.25) is 10.0 Å². The summed E-state index contributed by atoms with van der Waals surface area (Å²) in [5, 5.41) is 8.91. The molecule has 0 radical (unpaired) electrons. The minimum absolute atomic E-state index is 0.0819. The molecule has 2 rings (SSSR count). The fraction of sp³-hybridized carbons (Fsp3) is 0.375. The van der Waals surface area contributed by atoms with Crippen molar-refractivity contribution in [2.45, 2.75) is 17.5 Å². The molecule has 0 saturated heterocycles. The van der Waals surface area contributed by atoms with Crippen LogP contribution >= 0.6 is 0 Å². The number of hydrogen-bond acceptors (Lipinski definition) is 6. The molecule has 12 heteroatoms. The van der Waals surface area contributed by atoms with Gasteiger partial charge in [-0.1, -0.05) is 5.16 Å². The maximum atomic E-state index is 12.2. The van der Waals surface area contributed by atoms with Gasteiger partial charge in [0.25, 0.3) is 0 Å². The van der Waals surface area contributed by atoms with Gasteiger partial charge in [0, 0.05) is 19.2 Å². The second-order valence-electron chi connectivity index (χ2n) is 3.60. The van der Waals surface area contributed by atoms with Crippen LogP contribution in [0.2, 0.25) is 0 Å². The third-order valence-corrected chi connectivity index (χ3v) is 3.56. The molecule has 0 aliphatic carbocycles. The minimum atomic E-state index is -4.72. The largest absolute Gasteiger partial charge is 0.471 e. The van der Waals surface area contributed by atoms with Crippen molar-refractivity contribution >= 4 is 10.0 Å². The van der Waals surface area contributed by atoms with E-state index in [-0.39, 0.29) is 23.7 Å². The van der Waals surface area contributed by atoms with Gasteiger partial charge in [0.15, 0.2) is 5.82 Å². The molecule has 0 atom stereocenters. The molecule has 8 nitrogen and oxygen atoms in total. The summed E-state index contributed by atoms with van der Waals surface area (Å²) in [7, 11) is -3.76. The molecule has 0 bridgehead atoms. The average Bonchev–Trinajstić information content (AvgIpc) is 2.99. The van der Waals surface area contributed by atoms with Crippen LogP contribution in [-0.2, 0) is 22.6 Å². The van der Waals surface area contributed by atoms with Crippen molar-refractivity contribution in [1.82, 2.24) is 25.1 Å². The third-order valence-electron chi connectivity index (χ3n) is 2.13. The Bertz CT molecular complexity index is 664. The van der Waals surface area contributed by atoms with Crippen molar-refractivity contribution in [1.29, 1.82) is 0 Å². The molecule has 0 amide bonds. The fourth-order valence-electron chi connectivity index (χ4n) is 1.24. The number of hydrogen-bond donors (Lipinski definition) is 2. The highest BCUT2D eigenvalue weighted by molar-refractivity contribution is 7.89. The van der Waals surface area contributed by atoms with Crippen molar-refractivity contribution in [3.05, 3.63) is 24.1 Å². The Labute approximate surface area is 110 Å². The van der Waals surface area contributed by atoms with Gasteiger partial charge in [0.05, 0.1) is 6.20 Å². The van der Waals surface area contributed by atoms with Crippen molar-refractivity contribution in [2.24, 2.45) is 0 Å². The summed E-state index contributed by atoms with van der Waals surface area (Å²) in [4.78, 5) is 3.03. The van der Waals surface area contributed by atoms with Crippen LogP contribution in [0.3, 0.4) is 0 Å². The lowest BCUT2D eigenvalue weighted by Gasteiger charge is -2.01. The zero-order valence-corrected chi connectivity index (χ0v) is 10.5. The minimum Gasteiger partial charge on any atom is -0.329 e. The van der Waals surface area contributed by atoms with E-state index in [1.165, 1.54) is 6.20 Å². The summed E-state index contributed by atoms with van der Waals surface area (Å²) >= 11 is 0. The topological polar surface area (TPSA) is 114 Å². The van der Waals surface area contributed by atoms with Crippen LogP contribution in [0, 0.1) is 0 Å². The Hall–Kier alpha value is -1.95. The number of nitrogens with zero attached hydrogens (tertiary/aromatic N) is 3. The smallest absolute Gasteiger partial charge is 0.329 e. The molecule has 0 aliphatic heterocycles. The fourth-order valence-corrected chi connectivity index (χ4v) is 2.17. The van der Waals surface area contributed by atoms with Crippen LogP contribution in [0.4, 0.5) is 13.2 Å². The van der Waals surface area contributed by atoms with Gasteiger partial charge in [0.1, 0.15) is 4.90 Å². The molecule has 2 heterocycles. The van der Waals surface area contributed by atoms with E-state index in [2.05, 4.69) is 29.6 Å². The first-order valence-corrected chi connectivity index (χ1v) is 6.65. The first-order valence-electron chi connectivity index (χ1n) is 5.17. The quantitative estimate of drug-likeness (QED) is 0.822. The molecule has 2 aromatic heterocycles. The number of aromatic nitrogens is 4. The standard InChI is InChI=1S/C8H8F3N5O3S/c9-8(10,11)7-15-6(16-19-7)1-2-14-20(17,18)5-3-12-13-4-5/h3-4,14H,1-2H2,(H,12,13). The van der Waals surface area contributed by atoms with Crippen molar-refractivity contribution < 1.29 is 26.1 Å². The Morgan fingerprint density at radius 2 is 2.15 bits per heavy atom. The van der Waals surface area contributed by atoms with Crippen LogP contribution in [0.25, 0.3) is 0 Å². The normalized spacial score (nSPS) is 12.8. The molecule has 2 N–H and O–H groups in total. The Morgan fingerprint density at radius 1 is 1.40 bits per heavy atom. The number of aromatic amines is 1. The Kier molecular flexibility index (Phi) is 3.76. The molecule has 0 fully saturated rings. The van der Waals surface area contributed by atoms with Gasteiger partial charge in [-0.15, -0.1) is 0 Å². The Balaban J connectivity index is 1.92. The molecule has 0 unspecified atom stereocenters. The first-order chi connectivity index (χ1) is 9.29. The van der Waals surface area contributed by atoms with Crippen molar-refractivity contribution in [2.75, 3.05) is 6.54 Å². The van der Waals surface area contributed by atoms with Crippen LogP contribution in [0.15, 0.2) is 21.8 Å². The molecule has 0 saturated carbocycles. The van der Waals surface area contributed by atoms with E-state index < -0.39 is 22.1 Å². The summed E-state index contributed by atoms with van der Waals surface area (Å²) in [6.07, 6.45) is -2.60. The summed E-state index contributed by atoms with van der Waals surface area (Å²) in [6.45, 7) is -0.176. The van der Waals surface area contributed by atoms with Gasteiger partial charge >= 0.3 is 12.1 Å². The summed E-state index contributed by atoms with van der Waals surface area (Å²) in [5.74, 6) is -1.71. The molecule has 110 valence electrons. The molecular weight excluding hydrogens is 303 g/mol. The third kappa shape index (κ3) is 3.33. The van der Waals surface area contributed by atoms with Gasteiger partial charge in [-0.05, 0) is 0 Å². The van der Waals surface area contributed by atoms with E-state index in [0.29, 0.717) is 0 Å². The summed E-state index contributed by atoms with van der Waals surface area (Å²) in [5.41, 5.74) is 0. The van der Waals surface area contributed by atoms with Crippen LogP contribution in [-0.4, -0.2) is 35.3 Å². The number of halogens is 3. The number of alkyl halides is 3. The van der Waals surface area contributed by atoms with Gasteiger partial charge in [-0.3, -0.25) is 5.10 Å². The molecule has 2 aromatic rings. The van der Waals surface area contributed by atoms with Gasteiger partial charge in [-0.25, -0.2) is 13.1 Å². The first kappa shape index (κ1) is 14.5.